The van der Waals surface area contributed by atoms with E-state index in [1.807, 2.05) is 30.3 Å². The SMILES string of the molecule is N#Cc1ccc(NC2COc3ccccc32)c([N+](=O)[O-])c1. The molecular weight excluding hydrogens is 270 g/mol. The van der Waals surface area contributed by atoms with E-state index in [9.17, 15) is 10.1 Å². The Morgan fingerprint density at radius 1 is 1.33 bits per heavy atom. The van der Waals surface area contributed by atoms with Crippen LogP contribution in [0.2, 0.25) is 0 Å². The first-order valence-corrected chi connectivity index (χ1v) is 6.36. The number of nitro benzene ring substituents is 1. The summed E-state index contributed by atoms with van der Waals surface area (Å²) < 4.78 is 5.54. The molecule has 1 heterocycles. The molecule has 0 saturated heterocycles. The number of rotatable bonds is 3. The maximum Gasteiger partial charge on any atom is 0.293 e. The predicted octanol–water partition coefficient (Wildman–Crippen LogP) is 3.01. The van der Waals surface area contributed by atoms with Crippen LogP contribution in [0, 0.1) is 21.4 Å². The first kappa shape index (κ1) is 12.9. The van der Waals surface area contributed by atoms with Gasteiger partial charge in [0.25, 0.3) is 5.69 Å². The molecule has 2 aromatic carbocycles. The third-order valence-corrected chi connectivity index (χ3v) is 3.35. The zero-order chi connectivity index (χ0) is 14.8. The Balaban J connectivity index is 1.93. The fraction of sp³-hybridized carbons (Fsp3) is 0.133. The number of nitrogens with zero attached hydrogens (tertiary/aromatic N) is 2. The Labute approximate surface area is 120 Å². The molecule has 1 aliphatic heterocycles. The largest absolute Gasteiger partial charge is 0.491 e. The van der Waals surface area contributed by atoms with Crippen LogP contribution >= 0.6 is 0 Å². The first-order chi connectivity index (χ1) is 10.2. The summed E-state index contributed by atoms with van der Waals surface area (Å²) in [4.78, 5) is 10.6. The maximum absolute atomic E-state index is 11.1. The van der Waals surface area contributed by atoms with E-state index in [1.165, 1.54) is 6.07 Å². The van der Waals surface area contributed by atoms with Crippen LogP contribution in [0.15, 0.2) is 42.5 Å². The summed E-state index contributed by atoms with van der Waals surface area (Å²) in [7, 11) is 0. The number of hydrogen-bond donors (Lipinski definition) is 1. The molecule has 6 nitrogen and oxygen atoms in total. The summed E-state index contributed by atoms with van der Waals surface area (Å²) in [5.41, 5.74) is 1.49. The zero-order valence-electron chi connectivity index (χ0n) is 10.9. The van der Waals surface area contributed by atoms with Gasteiger partial charge in [0.1, 0.15) is 18.0 Å². The molecule has 0 radical (unpaired) electrons. The number of nitrogens with one attached hydrogen (secondary N) is 1. The fourth-order valence-electron chi connectivity index (χ4n) is 2.34. The summed E-state index contributed by atoms with van der Waals surface area (Å²) in [6.07, 6.45) is 0. The van der Waals surface area contributed by atoms with Gasteiger partial charge in [-0.3, -0.25) is 10.1 Å². The third-order valence-electron chi connectivity index (χ3n) is 3.35. The summed E-state index contributed by atoms with van der Waals surface area (Å²) >= 11 is 0. The van der Waals surface area contributed by atoms with Gasteiger partial charge in [0, 0.05) is 11.6 Å². The minimum Gasteiger partial charge on any atom is -0.491 e. The Hall–Kier alpha value is -3.07. The number of hydrogen-bond acceptors (Lipinski definition) is 5. The number of fused-ring (bicyclic) bond motifs is 1. The van der Waals surface area contributed by atoms with Gasteiger partial charge >= 0.3 is 0 Å². The van der Waals surface area contributed by atoms with Crippen molar-refractivity contribution in [3.05, 3.63) is 63.7 Å². The van der Waals surface area contributed by atoms with E-state index in [0.717, 1.165) is 11.3 Å². The van der Waals surface area contributed by atoms with Gasteiger partial charge in [-0.25, -0.2) is 0 Å². The number of para-hydroxylation sites is 1. The lowest BCUT2D eigenvalue weighted by atomic mass is 10.1. The molecule has 0 bridgehead atoms. The van der Waals surface area contributed by atoms with Gasteiger partial charge in [0.15, 0.2) is 0 Å². The second-order valence-corrected chi connectivity index (χ2v) is 4.65. The van der Waals surface area contributed by atoms with Gasteiger partial charge in [-0.05, 0) is 18.2 Å². The van der Waals surface area contributed by atoms with Gasteiger partial charge in [0.2, 0.25) is 0 Å². The molecule has 3 rings (SSSR count). The van der Waals surface area contributed by atoms with Crippen LogP contribution in [0.1, 0.15) is 17.2 Å². The van der Waals surface area contributed by atoms with E-state index in [-0.39, 0.29) is 17.3 Å². The predicted molar refractivity (Wildman–Crippen MR) is 76.1 cm³/mol. The Morgan fingerprint density at radius 2 is 2.14 bits per heavy atom. The lowest BCUT2D eigenvalue weighted by Gasteiger charge is -2.13. The quantitative estimate of drug-likeness (QED) is 0.690. The molecule has 0 aromatic heterocycles. The first-order valence-electron chi connectivity index (χ1n) is 6.36. The number of anilines is 1. The third kappa shape index (κ3) is 2.37. The van der Waals surface area contributed by atoms with Crippen molar-refractivity contribution in [1.82, 2.24) is 0 Å². The molecule has 1 N–H and O–H groups in total. The molecule has 1 atom stereocenters. The Bertz CT molecular complexity index is 752. The minimum atomic E-state index is -0.495. The molecule has 0 spiro atoms. The molecule has 6 heteroatoms. The van der Waals surface area contributed by atoms with Crippen LogP contribution < -0.4 is 10.1 Å². The van der Waals surface area contributed by atoms with Gasteiger partial charge in [-0.2, -0.15) is 5.26 Å². The zero-order valence-corrected chi connectivity index (χ0v) is 10.9. The van der Waals surface area contributed by atoms with E-state index in [2.05, 4.69) is 5.32 Å². The molecular formula is C15H11N3O3. The lowest BCUT2D eigenvalue weighted by Crippen LogP contribution is -2.13. The topological polar surface area (TPSA) is 88.2 Å². The highest BCUT2D eigenvalue weighted by molar-refractivity contribution is 5.65. The van der Waals surface area contributed by atoms with E-state index in [0.29, 0.717) is 12.3 Å². The van der Waals surface area contributed by atoms with Crippen LogP contribution in [-0.2, 0) is 0 Å². The molecule has 2 aromatic rings. The number of nitriles is 1. The van der Waals surface area contributed by atoms with Crippen LogP contribution in [0.25, 0.3) is 0 Å². The maximum atomic E-state index is 11.1. The summed E-state index contributed by atoms with van der Waals surface area (Å²) in [6.45, 7) is 0.413. The van der Waals surface area contributed by atoms with E-state index in [1.54, 1.807) is 12.1 Å². The summed E-state index contributed by atoms with van der Waals surface area (Å²) in [6, 6.07) is 13.7. The van der Waals surface area contributed by atoms with E-state index in [4.69, 9.17) is 10.00 Å². The van der Waals surface area contributed by atoms with Crippen molar-refractivity contribution in [2.24, 2.45) is 0 Å². The standard InChI is InChI=1S/C15H11N3O3/c16-8-10-5-6-12(14(7-10)18(19)20)17-13-9-21-15-4-2-1-3-11(13)15/h1-7,13,17H,9H2. The molecule has 104 valence electrons. The van der Waals surface area contributed by atoms with Gasteiger partial charge in [-0.1, -0.05) is 18.2 Å². The normalized spacial score (nSPS) is 15.7. The van der Waals surface area contributed by atoms with Crippen molar-refractivity contribution in [3.8, 4) is 11.8 Å². The number of nitro groups is 1. The van der Waals surface area contributed by atoms with Crippen molar-refractivity contribution in [1.29, 1.82) is 5.26 Å². The van der Waals surface area contributed by atoms with Crippen molar-refractivity contribution in [2.75, 3.05) is 11.9 Å². The van der Waals surface area contributed by atoms with Crippen LogP contribution in [0.5, 0.6) is 5.75 Å². The number of ether oxygens (including phenoxy) is 1. The highest BCUT2D eigenvalue weighted by Gasteiger charge is 2.26. The average molecular weight is 281 g/mol. The van der Waals surface area contributed by atoms with Crippen molar-refractivity contribution < 1.29 is 9.66 Å². The Morgan fingerprint density at radius 3 is 2.90 bits per heavy atom. The van der Waals surface area contributed by atoms with Crippen molar-refractivity contribution in [2.45, 2.75) is 6.04 Å². The average Bonchev–Trinajstić information content (AvgIpc) is 2.91. The van der Waals surface area contributed by atoms with Crippen LogP contribution in [0.3, 0.4) is 0 Å². The Kier molecular flexibility index (Phi) is 3.16. The van der Waals surface area contributed by atoms with Gasteiger partial charge < -0.3 is 10.1 Å². The lowest BCUT2D eigenvalue weighted by molar-refractivity contribution is -0.384. The highest BCUT2D eigenvalue weighted by Crippen LogP contribution is 2.36. The van der Waals surface area contributed by atoms with E-state index < -0.39 is 4.92 Å². The second-order valence-electron chi connectivity index (χ2n) is 4.65. The van der Waals surface area contributed by atoms with Crippen molar-refractivity contribution in [3.63, 3.8) is 0 Å². The fourth-order valence-corrected chi connectivity index (χ4v) is 2.34. The number of benzene rings is 2. The smallest absolute Gasteiger partial charge is 0.293 e. The minimum absolute atomic E-state index is 0.113. The molecule has 0 amide bonds. The highest BCUT2D eigenvalue weighted by atomic mass is 16.6. The molecule has 0 fully saturated rings. The second kappa shape index (κ2) is 5.13. The molecule has 21 heavy (non-hydrogen) atoms. The molecule has 0 aliphatic carbocycles. The van der Waals surface area contributed by atoms with Gasteiger partial charge in [0.05, 0.1) is 22.6 Å². The monoisotopic (exact) mass is 281 g/mol. The van der Waals surface area contributed by atoms with Crippen LogP contribution in [0.4, 0.5) is 11.4 Å². The molecule has 0 saturated carbocycles. The molecule has 1 aliphatic rings. The summed E-state index contributed by atoms with van der Waals surface area (Å²) in [5, 5.41) is 23.1. The summed E-state index contributed by atoms with van der Waals surface area (Å²) in [5.74, 6) is 0.784. The van der Waals surface area contributed by atoms with Gasteiger partial charge in [-0.15, -0.1) is 0 Å². The van der Waals surface area contributed by atoms with E-state index >= 15 is 0 Å². The molecule has 1 unspecified atom stereocenters. The van der Waals surface area contributed by atoms with Crippen molar-refractivity contribution >= 4 is 11.4 Å². The van der Waals surface area contributed by atoms with Crippen LogP contribution in [-0.4, -0.2) is 11.5 Å².